The first-order chi connectivity index (χ1) is 13.6. The standard InChI is InChI=1S/C22H28N4O2.HI/c1-23-22(25(2)16-18-10-5-7-13-20(18)28-3)24-15-21(27)26-14-8-11-17-9-4-6-12-19(17)26;/h4-7,9-10,12-13H,8,11,14-16H2,1-3H3,(H,23,24);1H. The van der Waals surface area contributed by atoms with Gasteiger partial charge >= 0.3 is 0 Å². The van der Waals surface area contributed by atoms with E-state index in [9.17, 15) is 4.79 Å². The third-order valence-electron chi connectivity index (χ3n) is 4.98. The monoisotopic (exact) mass is 508 g/mol. The molecule has 3 rings (SSSR count). The van der Waals surface area contributed by atoms with E-state index in [1.54, 1.807) is 14.2 Å². The van der Waals surface area contributed by atoms with E-state index in [1.807, 2.05) is 59.3 Å². The number of carbonyl (C=O) groups excluding carboxylic acids is 1. The Morgan fingerprint density at radius 2 is 1.93 bits per heavy atom. The van der Waals surface area contributed by atoms with Crippen LogP contribution in [-0.4, -0.2) is 51.1 Å². The minimum atomic E-state index is 0. The van der Waals surface area contributed by atoms with E-state index < -0.39 is 0 Å². The van der Waals surface area contributed by atoms with Crippen molar-refractivity contribution in [1.29, 1.82) is 0 Å². The van der Waals surface area contributed by atoms with Gasteiger partial charge in [-0.05, 0) is 30.5 Å². The quantitative estimate of drug-likeness (QED) is 0.383. The zero-order valence-electron chi connectivity index (χ0n) is 17.2. The van der Waals surface area contributed by atoms with Crippen LogP contribution in [0.25, 0.3) is 0 Å². The number of halogens is 1. The molecule has 1 N–H and O–H groups in total. The normalized spacial score (nSPS) is 13.2. The summed E-state index contributed by atoms with van der Waals surface area (Å²) in [6, 6.07) is 16.0. The number of amides is 1. The molecule has 0 aliphatic carbocycles. The minimum Gasteiger partial charge on any atom is -0.496 e. The SMILES string of the molecule is CN=C(NCC(=O)N1CCCc2ccccc21)N(C)Cc1ccccc1OC.I. The Hall–Kier alpha value is -2.29. The Kier molecular flexibility index (Phi) is 8.75. The van der Waals surface area contributed by atoms with Crippen LogP contribution in [0.1, 0.15) is 17.5 Å². The summed E-state index contributed by atoms with van der Waals surface area (Å²) >= 11 is 0. The molecule has 0 spiro atoms. The summed E-state index contributed by atoms with van der Waals surface area (Å²) in [4.78, 5) is 21.0. The van der Waals surface area contributed by atoms with Crippen LogP contribution < -0.4 is 15.0 Å². The van der Waals surface area contributed by atoms with Crippen molar-refractivity contribution in [3.05, 3.63) is 59.7 Å². The molecule has 2 aromatic rings. The Morgan fingerprint density at radius 1 is 1.21 bits per heavy atom. The minimum absolute atomic E-state index is 0. The number of aryl methyl sites for hydroxylation is 1. The molecule has 0 unspecified atom stereocenters. The first-order valence-corrected chi connectivity index (χ1v) is 9.56. The highest BCUT2D eigenvalue weighted by atomic mass is 127. The number of carbonyl (C=O) groups is 1. The predicted molar refractivity (Wildman–Crippen MR) is 128 cm³/mol. The number of hydrogen-bond acceptors (Lipinski definition) is 3. The smallest absolute Gasteiger partial charge is 0.246 e. The summed E-state index contributed by atoms with van der Waals surface area (Å²) in [5.41, 5.74) is 3.32. The molecule has 29 heavy (non-hydrogen) atoms. The Labute approximate surface area is 190 Å². The first-order valence-electron chi connectivity index (χ1n) is 9.56. The van der Waals surface area contributed by atoms with E-state index in [0.717, 1.165) is 36.4 Å². The number of para-hydroxylation sites is 2. The molecule has 0 saturated carbocycles. The van der Waals surface area contributed by atoms with E-state index in [0.29, 0.717) is 12.5 Å². The molecular formula is C22H29IN4O2. The third kappa shape index (κ3) is 5.62. The van der Waals surface area contributed by atoms with Crippen molar-refractivity contribution in [1.82, 2.24) is 10.2 Å². The molecule has 0 aromatic heterocycles. The summed E-state index contributed by atoms with van der Waals surface area (Å²) in [6.07, 6.45) is 2.02. The zero-order valence-corrected chi connectivity index (χ0v) is 19.6. The molecule has 0 radical (unpaired) electrons. The van der Waals surface area contributed by atoms with E-state index in [-0.39, 0.29) is 36.4 Å². The van der Waals surface area contributed by atoms with Crippen LogP contribution in [0.15, 0.2) is 53.5 Å². The molecule has 0 atom stereocenters. The summed E-state index contributed by atoms with van der Waals surface area (Å²) in [5, 5.41) is 3.20. The van der Waals surface area contributed by atoms with Gasteiger partial charge in [-0.3, -0.25) is 9.79 Å². The van der Waals surface area contributed by atoms with Gasteiger partial charge in [-0.1, -0.05) is 36.4 Å². The lowest BCUT2D eigenvalue weighted by Crippen LogP contribution is -2.46. The molecule has 7 heteroatoms. The summed E-state index contributed by atoms with van der Waals surface area (Å²) in [7, 11) is 5.34. The molecule has 0 fully saturated rings. The van der Waals surface area contributed by atoms with Gasteiger partial charge in [0.25, 0.3) is 0 Å². The van der Waals surface area contributed by atoms with E-state index >= 15 is 0 Å². The zero-order chi connectivity index (χ0) is 19.9. The maximum Gasteiger partial charge on any atom is 0.246 e. The fourth-order valence-corrected chi connectivity index (χ4v) is 3.59. The highest BCUT2D eigenvalue weighted by molar-refractivity contribution is 14.0. The Balaban J connectivity index is 0.00000300. The van der Waals surface area contributed by atoms with Crippen LogP contribution in [0.2, 0.25) is 0 Å². The van der Waals surface area contributed by atoms with Crippen molar-refractivity contribution in [3.63, 3.8) is 0 Å². The van der Waals surface area contributed by atoms with Crippen LogP contribution >= 0.6 is 24.0 Å². The molecule has 0 saturated heterocycles. The molecule has 1 heterocycles. The van der Waals surface area contributed by atoms with Crippen molar-refractivity contribution < 1.29 is 9.53 Å². The van der Waals surface area contributed by atoms with Gasteiger partial charge in [0.1, 0.15) is 5.75 Å². The van der Waals surface area contributed by atoms with E-state index in [2.05, 4.69) is 16.4 Å². The van der Waals surface area contributed by atoms with Crippen molar-refractivity contribution in [2.75, 3.05) is 39.2 Å². The van der Waals surface area contributed by atoms with Crippen molar-refractivity contribution in [2.24, 2.45) is 4.99 Å². The molecule has 156 valence electrons. The predicted octanol–water partition coefficient (Wildman–Crippen LogP) is 3.30. The first kappa shape index (κ1) is 23.0. The Bertz CT molecular complexity index is 856. The van der Waals surface area contributed by atoms with Crippen LogP contribution in [-0.2, 0) is 17.8 Å². The fourth-order valence-electron chi connectivity index (χ4n) is 3.59. The van der Waals surface area contributed by atoms with E-state index in [4.69, 9.17) is 4.74 Å². The topological polar surface area (TPSA) is 57.2 Å². The van der Waals surface area contributed by atoms with Crippen LogP contribution in [0, 0.1) is 0 Å². The fraction of sp³-hybridized carbons (Fsp3) is 0.364. The van der Waals surface area contributed by atoms with Crippen molar-refractivity contribution in [2.45, 2.75) is 19.4 Å². The molecule has 2 aromatic carbocycles. The number of rotatable bonds is 5. The van der Waals surface area contributed by atoms with Crippen molar-refractivity contribution >= 4 is 41.5 Å². The molecule has 1 aliphatic rings. The lowest BCUT2D eigenvalue weighted by Gasteiger charge is -2.30. The number of benzene rings is 2. The van der Waals surface area contributed by atoms with Crippen molar-refractivity contribution in [3.8, 4) is 5.75 Å². The second-order valence-electron chi connectivity index (χ2n) is 6.85. The highest BCUT2D eigenvalue weighted by Crippen LogP contribution is 2.26. The summed E-state index contributed by atoms with van der Waals surface area (Å²) < 4.78 is 5.42. The van der Waals surface area contributed by atoms with Crippen LogP contribution in [0.5, 0.6) is 5.75 Å². The molecular weight excluding hydrogens is 479 g/mol. The maximum absolute atomic E-state index is 12.8. The number of methoxy groups -OCH3 is 1. The van der Waals surface area contributed by atoms with Gasteiger partial charge < -0.3 is 19.9 Å². The summed E-state index contributed by atoms with van der Waals surface area (Å²) in [6.45, 7) is 1.59. The third-order valence-corrected chi connectivity index (χ3v) is 4.98. The molecule has 0 bridgehead atoms. The summed E-state index contributed by atoms with van der Waals surface area (Å²) in [5.74, 6) is 1.56. The second kappa shape index (κ2) is 11.0. The van der Waals surface area contributed by atoms with Crippen LogP contribution in [0.4, 0.5) is 5.69 Å². The van der Waals surface area contributed by atoms with Gasteiger partial charge in [0, 0.05) is 38.4 Å². The molecule has 6 nitrogen and oxygen atoms in total. The van der Waals surface area contributed by atoms with E-state index in [1.165, 1.54) is 5.56 Å². The maximum atomic E-state index is 12.8. The lowest BCUT2D eigenvalue weighted by atomic mass is 10.0. The van der Waals surface area contributed by atoms with Gasteiger partial charge in [0.15, 0.2) is 5.96 Å². The van der Waals surface area contributed by atoms with Gasteiger partial charge in [0.2, 0.25) is 5.91 Å². The number of guanidine groups is 1. The van der Waals surface area contributed by atoms with Gasteiger partial charge in [-0.2, -0.15) is 0 Å². The number of aliphatic imine (C=N–C) groups is 1. The van der Waals surface area contributed by atoms with Gasteiger partial charge in [-0.15, -0.1) is 24.0 Å². The molecule has 1 aliphatic heterocycles. The number of ether oxygens (including phenoxy) is 1. The number of hydrogen-bond donors (Lipinski definition) is 1. The Morgan fingerprint density at radius 3 is 2.69 bits per heavy atom. The average Bonchev–Trinajstić information content (AvgIpc) is 2.74. The largest absolute Gasteiger partial charge is 0.496 e. The van der Waals surface area contributed by atoms with Crippen LogP contribution in [0.3, 0.4) is 0 Å². The highest BCUT2D eigenvalue weighted by Gasteiger charge is 2.22. The lowest BCUT2D eigenvalue weighted by molar-refractivity contribution is -0.117. The average molecular weight is 508 g/mol. The number of anilines is 1. The van der Waals surface area contributed by atoms with Gasteiger partial charge in [-0.25, -0.2) is 0 Å². The number of nitrogens with one attached hydrogen (secondary N) is 1. The second-order valence-corrected chi connectivity index (χ2v) is 6.85. The number of nitrogens with zero attached hydrogens (tertiary/aromatic N) is 3. The number of fused-ring (bicyclic) bond motifs is 1. The molecule has 1 amide bonds. The van der Waals surface area contributed by atoms with Gasteiger partial charge in [0.05, 0.1) is 13.7 Å².